The number of carbonyl (C=O) groups is 2. The first-order valence-corrected chi connectivity index (χ1v) is 6.85. The Labute approximate surface area is 124 Å². The number of aliphatic carboxylic acids is 1. The second-order valence-electron chi connectivity index (χ2n) is 4.96. The normalized spacial score (nSPS) is 12.0. The molecule has 3 N–H and O–H groups in total. The lowest BCUT2D eigenvalue weighted by atomic mass is 10.1. The second kappa shape index (κ2) is 8.39. The number of para-hydroxylation sites is 1. The second-order valence-corrected chi connectivity index (χ2v) is 4.96. The van der Waals surface area contributed by atoms with Gasteiger partial charge in [-0.3, -0.25) is 4.79 Å². The molecule has 0 heterocycles. The van der Waals surface area contributed by atoms with Crippen LogP contribution in [0, 0.1) is 13.8 Å². The number of carboxylic acids is 1. The molecule has 0 saturated carbocycles. The first kappa shape index (κ1) is 17.1. The van der Waals surface area contributed by atoms with Crippen molar-refractivity contribution in [2.75, 3.05) is 25.6 Å². The quantitative estimate of drug-likeness (QED) is 0.599. The van der Waals surface area contributed by atoms with Crippen molar-refractivity contribution in [2.45, 2.75) is 26.3 Å². The summed E-state index contributed by atoms with van der Waals surface area (Å²) >= 11 is 0. The third-order valence-corrected chi connectivity index (χ3v) is 3.23. The van der Waals surface area contributed by atoms with Gasteiger partial charge in [0.25, 0.3) is 0 Å². The van der Waals surface area contributed by atoms with Crippen molar-refractivity contribution in [2.24, 2.45) is 0 Å². The monoisotopic (exact) mass is 294 g/mol. The largest absolute Gasteiger partial charge is 0.544 e. The van der Waals surface area contributed by atoms with Gasteiger partial charge in [0.15, 0.2) is 0 Å². The zero-order valence-electron chi connectivity index (χ0n) is 12.6. The maximum Gasteiger partial charge on any atom is 0.230 e. The van der Waals surface area contributed by atoms with Crippen LogP contribution >= 0.6 is 0 Å². The lowest BCUT2D eigenvalue weighted by Crippen LogP contribution is -2.94. The average Bonchev–Trinajstić information content (AvgIpc) is 2.42. The summed E-state index contributed by atoms with van der Waals surface area (Å²) in [6.07, 6.45) is -0.139. The third kappa shape index (κ3) is 5.53. The standard InChI is InChI=1S/C15H22N2O4/c1-10-5-4-6-11(2)14(10)17-13(18)9-12(15(19)20)16-7-8-21-3/h4-6,12,16H,7-9H2,1-3H3,(H,17,18)(H,19,20)/t12-/m1/s1. The van der Waals surface area contributed by atoms with Gasteiger partial charge in [-0.15, -0.1) is 0 Å². The zero-order valence-corrected chi connectivity index (χ0v) is 12.6. The van der Waals surface area contributed by atoms with Crippen molar-refractivity contribution in [1.82, 2.24) is 0 Å². The fourth-order valence-corrected chi connectivity index (χ4v) is 2.05. The van der Waals surface area contributed by atoms with Gasteiger partial charge in [-0.1, -0.05) is 18.2 Å². The van der Waals surface area contributed by atoms with E-state index in [4.69, 9.17) is 4.74 Å². The number of ether oxygens (including phenoxy) is 1. The number of carbonyl (C=O) groups excluding carboxylic acids is 2. The number of hydrogen-bond acceptors (Lipinski definition) is 4. The first-order chi connectivity index (χ1) is 9.95. The molecule has 116 valence electrons. The van der Waals surface area contributed by atoms with E-state index in [2.05, 4.69) is 5.32 Å². The molecule has 0 aliphatic heterocycles. The molecule has 0 bridgehead atoms. The van der Waals surface area contributed by atoms with Gasteiger partial charge in [0.2, 0.25) is 5.91 Å². The molecular weight excluding hydrogens is 272 g/mol. The zero-order chi connectivity index (χ0) is 15.8. The lowest BCUT2D eigenvalue weighted by Gasteiger charge is -2.17. The van der Waals surface area contributed by atoms with E-state index in [1.165, 1.54) is 7.11 Å². The highest BCUT2D eigenvalue weighted by Gasteiger charge is 2.18. The minimum Gasteiger partial charge on any atom is -0.544 e. The molecule has 1 aromatic carbocycles. The number of quaternary nitrogens is 1. The van der Waals surface area contributed by atoms with Crippen molar-refractivity contribution in [3.05, 3.63) is 29.3 Å². The maximum atomic E-state index is 12.0. The van der Waals surface area contributed by atoms with Crippen LogP contribution in [0.3, 0.4) is 0 Å². The molecule has 0 fully saturated rings. The average molecular weight is 294 g/mol. The van der Waals surface area contributed by atoms with Crippen LogP contribution in [0.1, 0.15) is 17.5 Å². The predicted molar refractivity (Wildman–Crippen MR) is 76.6 cm³/mol. The summed E-state index contributed by atoms with van der Waals surface area (Å²) in [4.78, 5) is 23.1. The molecule has 1 atom stereocenters. The van der Waals surface area contributed by atoms with Crippen LogP contribution in [-0.4, -0.2) is 38.2 Å². The summed E-state index contributed by atoms with van der Waals surface area (Å²) in [6.45, 7) is 4.67. The van der Waals surface area contributed by atoms with E-state index in [1.807, 2.05) is 32.0 Å². The van der Waals surface area contributed by atoms with E-state index >= 15 is 0 Å². The SMILES string of the molecule is COCC[NH2+][C@H](CC(=O)Nc1c(C)cccc1C)C(=O)[O-]. The molecule has 0 aliphatic rings. The Morgan fingerprint density at radius 3 is 2.48 bits per heavy atom. The number of benzene rings is 1. The number of aryl methyl sites for hydroxylation is 2. The summed E-state index contributed by atoms with van der Waals surface area (Å²) in [5.74, 6) is -1.59. The Hall–Kier alpha value is -1.92. The number of nitrogens with two attached hydrogens (primary N) is 1. The van der Waals surface area contributed by atoms with E-state index in [0.717, 1.165) is 16.8 Å². The van der Waals surface area contributed by atoms with Crippen molar-refractivity contribution < 1.29 is 24.7 Å². The summed E-state index contributed by atoms with van der Waals surface area (Å²) in [6, 6.07) is 4.78. The Morgan fingerprint density at radius 2 is 1.95 bits per heavy atom. The molecule has 1 rings (SSSR count). The number of nitrogens with one attached hydrogen (secondary N) is 1. The van der Waals surface area contributed by atoms with Gasteiger partial charge in [0.1, 0.15) is 6.04 Å². The molecule has 1 aromatic rings. The van der Waals surface area contributed by atoms with E-state index in [1.54, 1.807) is 5.32 Å². The molecule has 0 aromatic heterocycles. The summed E-state index contributed by atoms with van der Waals surface area (Å²) in [5.41, 5.74) is 2.62. The molecule has 0 radical (unpaired) electrons. The lowest BCUT2D eigenvalue weighted by molar-refractivity contribution is -0.683. The van der Waals surface area contributed by atoms with Gasteiger partial charge >= 0.3 is 0 Å². The predicted octanol–water partition coefficient (Wildman–Crippen LogP) is -1.04. The molecule has 21 heavy (non-hydrogen) atoms. The van der Waals surface area contributed by atoms with Crippen molar-refractivity contribution in [1.29, 1.82) is 0 Å². The Kier molecular flexibility index (Phi) is 6.84. The topological polar surface area (TPSA) is 95.1 Å². The highest BCUT2D eigenvalue weighted by Crippen LogP contribution is 2.19. The number of methoxy groups -OCH3 is 1. The maximum absolute atomic E-state index is 12.0. The number of hydrogen-bond donors (Lipinski definition) is 2. The Morgan fingerprint density at radius 1 is 1.33 bits per heavy atom. The van der Waals surface area contributed by atoms with Crippen LogP contribution in [-0.2, 0) is 14.3 Å². The number of rotatable bonds is 8. The van der Waals surface area contributed by atoms with Gasteiger partial charge < -0.3 is 25.3 Å². The molecule has 0 unspecified atom stereocenters. The Bertz CT molecular complexity index is 482. The molecule has 0 saturated heterocycles. The molecule has 6 nitrogen and oxygen atoms in total. The summed E-state index contributed by atoms with van der Waals surface area (Å²) < 4.78 is 4.86. The van der Waals surface area contributed by atoms with Crippen LogP contribution in [0.2, 0.25) is 0 Å². The number of carboxylic acid groups (broad SMARTS) is 1. The van der Waals surface area contributed by atoms with Crippen molar-refractivity contribution in [3.63, 3.8) is 0 Å². The van der Waals surface area contributed by atoms with Gasteiger partial charge in [0.05, 0.1) is 25.5 Å². The molecular formula is C15H22N2O4. The molecule has 0 aliphatic carbocycles. The molecule has 1 amide bonds. The van der Waals surface area contributed by atoms with Crippen LogP contribution in [0.4, 0.5) is 5.69 Å². The summed E-state index contributed by atoms with van der Waals surface area (Å²) in [5, 5.41) is 15.4. The Balaban J connectivity index is 2.63. The smallest absolute Gasteiger partial charge is 0.230 e. The minimum atomic E-state index is -1.25. The summed E-state index contributed by atoms with van der Waals surface area (Å²) in [7, 11) is 1.54. The first-order valence-electron chi connectivity index (χ1n) is 6.85. The van der Waals surface area contributed by atoms with Crippen LogP contribution in [0.5, 0.6) is 0 Å². The molecule has 6 heteroatoms. The number of anilines is 1. The molecule has 0 spiro atoms. The highest BCUT2D eigenvalue weighted by atomic mass is 16.5. The van der Waals surface area contributed by atoms with Gasteiger partial charge in [0, 0.05) is 12.8 Å². The fourth-order valence-electron chi connectivity index (χ4n) is 2.05. The fraction of sp³-hybridized carbons (Fsp3) is 0.467. The van der Waals surface area contributed by atoms with Crippen molar-refractivity contribution in [3.8, 4) is 0 Å². The van der Waals surface area contributed by atoms with E-state index in [0.29, 0.717) is 13.2 Å². The van der Waals surface area contributed by atoms with E-state index in [-0.39, 0.29) is 12.3 Å². The van der Waals surface area contributed by atoms with E-state index in [9.17, 15) is 14.7 Å². The highest BCUT2D eigenvalue weighted by molar-refractivity contribution is 5.94. The van der Waals surface area contributed by atoms with Gasteiger partial charge in [-0.2, -0.15) is 0 Å². The van der Waals surface area contributed by atoms with E-state index < -0.39 is 12.0 Å². The van der Waals surface area contributed by atoms with Gasteiger partial charge in [-0.25, -0.2) is 0 Å². The van der Waals surface area contributed by atoms with Gasteiger partial charge in [-0.05, 0) is 25.0 Å². The number of amides is 1. The minimum absolute atomic E-state index is 0.139. The van der Waals surface area contributed by atoms with Crippen LogP contribution in [0.25, 0.3) is 0 Å². The van der Waals surface area contributed by atoms with Crippen LogP contribution in [0.15, 0.2) is 18.2 Å². The van der Waals surface area contributed by atoms with Crippen molar-refractivity contribution >= 4 is 17.6 Å². The third-order valence-electron chi connectivity index (χ3n) is 3.23. The van der Waals surface area contributed by atoms with Crippen LogP contribution < -0.4 is 15.7 Å².